The Morgan fingerprint density at radius 3 is 2.73 bits per heavy atom. The molecular weight excluding hydrogens is 225 g/mol. The number of nitrogens with one attached hydrogen (secondary N) is 1. The molecule has 0 spiro atoms. The summed E-state index contributed by atoms with van der Waals surface area (Å²) < 4.78 is 18.4. The Bertz CT molecular complexity index is 360. The van der Waals surface area contributed by atoms with Crippen LogP contribution in [0.2, 0.25) is 5.02 Å². The zero-order valence-electron chi connectivity index (χ0n) is 8.30. The van der Waals surface area contributed by atoms with Crippen molar-refractivity contribution in [2.24, 2.45) is 0 Å². The highest BCUT2D eigenvalue weighted by Gasteiger charge is 2.17. The smallest absolute Gasteiger partial charge is 0.168 e. The summed E-state index contributed by atoms with van der Waals surface area (Å²) in [5.74, 6) is -0.811. The van der Waals surface area contributed by atoms with E-state index in [1.807, 2.05) is 0 Å². The van der Waals surface area contributed by atoms with Gasteiger partial charge in [0.05, 0.1) is 31.4 Å². The quantitative estimate of drug-likeness (QED) is 0.782. The summed E-state index contributed by atoms with van der Waals surface area (Å²) >= 11 is 5.57. The third-order valence-electron chi connectivity index (χ3n) is 1.84. The number of halogens is 2. The minimum atomic E-state index is -0.643. The van der Waals surface area contributed by atoms with Crippen molar-refractivity contribution in [3.8, 4) is 11.5 Å². The highest BCUT2D eigenvalue weighted by Crippen LogP contribution is 2.36. The molecular formula is C9H11ClFNO3. The van der Waals surface area contributed by atoms with Crippen LogP contribution in [0.5, 0.6) is 11.5 Å². The lowest BCUT2D eigenvalue weighted by atomic mass is 10.1. The van der Waals surface area contributed by atoms with E-state index in [0.717, 1.165) is 6.07 Å². The average Bonchev–Trinajstić information content (AvgIpc) is 2.21. The van der Waals surface area contributed by atoms with Crippen LogP contribution in [-0.2, 0) is 11.4 Å². The highest BCUT2D eigenvalue weighted by molar-refractivity contribution is 6.31. The summed E-state index contributed by atoms with van der Waals surface area (Å²) in [6, 6.07) is 1.09. The van der Waals surface area contributed by atoms with Crippen LogP contribution in [0.4, 0.5) is 4.39 Å². The number of rotatable bonds is 4. The van der Waals surface area contributed by atoms with Crippen molar-refractivity contribution in [2.45, 2.75) is 6.54 Å². The van der Waals surface area contributed by atoms with Gasteiger partial charge in [-0.15, -0.1) is 0 Å². The van der Waals surface area contributed by atoms with Gasteiger partial charge in [-0.2, -0.15) is 5.48 Å². The molecule has 0 fully saturated rings. The van der Waals surface area contributed by atoms with Crippen LogP contribution in [-0.4, -0.2) is 19.3 Å². The van der Waals surface area contributed by atoms with Gasteiger partial charge in [-0.05, 0) is 0 Å². The number of benzene rings is 1. The van der Waals surface area contributed by atoms with Crippen molar-refractivity contribution in [2.75, 3.05) is 14.2 Å². The van der Waals surface area contributed by atoms with Crippen LogP contribution in [0.1, 0.15) is 5.56 Å². The maximum absolute atomic E-state index is 13.5. The van der Waals surface area contributed by atoms with Gasteiger partial charge in [0.15, 0.2) is 11.5 Å². The van der Waals surface area contributed by atoms with Gasteiger partial charge in [0.25, 0.3) is 0 Å². The van der Waals surface area contributed by atoms with Crippen LogP contribution >= 0.6 is 11.6 Å². The number of aromatic hydroxyl groups is 1. The monoisotopic (exact) mass is 235 g/mol. The molecule has 0 atom stereocenters. The second kappa shape index (κ2) is 5.16. The topological polar surface area (TPSA) is 50.7 Å². The Kier molecular flexibility index (Phi) is 4.14. The lowest BCUT2D eigenvalue weighted by Crippen LogP contribution is -2.13. The van der Waals surface area contributed by atoms with Gasteiger partial charge < -0.3 is 14.7 Å². The Hall–Kier alpha value is -1.04. The second-order valence-corrected chi connectivity index (χ2v) is 3.14. The molecule has 1 rings (SSSR count). The molecule has 1 aromatic carbocycles. The fraction of sp³-hybridized carbons (Fsp3) is 0.333. The van der Waals surface area contributed by atoms with Crippen molar-refractivity contribution in [3.05, 3.63) is 22.5 Å². The molecule has 0 aliphatic carbocycles. The minimum absolute atomic E-state index is 0.0413. The van der Waals surface area contributed by atoms with E-state index in [2.05, 4.69) is 10.3 Å². The summed E-state index contributed by atoms with van der Waals surface area (Å²) in [6.07, 6.45) is 0. The van der Waals surface area contributed by atoms with E-state index in [0.29, 0.717) is 0 Å². The van der Waals surface area contributed by atoms with Crippen molar-refractivity contribution >= 4 is 11.6 Å². The number of methoxy groups -OCH3 is 1. The van der Waals surface area contributed by atoms with Crippen LogP contribution in [0, 0.1) is 5.82 Å². The summed E-state index contributed by atoms with van der Waals surface area (Å²) in [4.78, 5) is 4.58. The maximum Gasteiger partial charge on any atom is 0.168 e. The third-order valence-corrected chi connectivity index (χ3v) is 2.12. The van der Waals surface area contributed by atoms with Gasteiger partial charge in [0, 0.05) is 6.07 Å². The maximum atomic E-state index is 13.5. The largest absolute Gasteiger partial charge is 0.504 e. The van der Waals surface area contributed by atoms with Crippen LogP contribution in [0.15, 0.2) is 6.07 Å². The van der Waals surface area contributed by atoms with Gasteiger partial charge in [-0.3, -0.25) is 0 Å². The summed E-state index contributed by atoms with van der Waals surface area (Å²) in [5, 5.41) is 9.29. The van der Waals surface area contributed by atoms with E-state index in [9.17, 15) is 9.50 Å². The zero-order valence-corrected chi connectivity index (χ0v) is 9.06. The standard InChI is InChI=1S/C9H11ClFNO3/c1-14-9-5(4-12-15-2)8(11)6(10)3-7(9)13/h3,12-13H,4H2,1-2H3. The molecule has 0 radical (unpaired) electrons. The Morgan fingerprint density at radius 1 is 1.53 bits per heavy atom. The first-order valence-electron chi connectivity index (χ1n) is 4.11. The number of phenols is 1. The predicted molar refractivity (Wildman–Crippen MR) is 53.5 cm³/mol. The molecule has 2 N–H and O–H groups in total. The molecule has 84 valence electrons. The van der Waals surface area contributed by atoms with Gasteiger partial charge in [-0.25, -0.2) is 4.39 Å². The highest BCUT2D eigenvalue weighted by atomic mass is 35.5. The molecule has 0 bridgehead atoms. The number of hydrogen-bond acceptors (Lipinski definition) is 4. The molecule has 0 unspecified atom stereocenters. The first-order chi connectivity index (χ1) is 7.11. The Labute approximate surface area is 91.5 Å². The van der Waals surface area contributed by atoms with Crippen molar-refractivity contribution in [3.63, 3.8) is 0 Å². The SMILES string of the molecule is CONCc1c(F)c(Cl)cc(O)c1OC. The summed E-state index contributed by atoms with van der Waals surface area (Å²) in [5.41, 5.74) is 2.56. The van der Waals surface area contributed by atoms with Crippen molar-refractivity contribution < 1.29 is 19.1 Å². The molecule has 0 amide bonds. The number of ether oxygens (including phenoxy) is 1. The molecule has 0 saturated heterocycles. The van der Waals surface area contributed by atoms with Crippen molar-refractivity contribution in [1.29, 1.82) is 0 Å². The van der Waals surface area contributed by atoms with E-state index < -0.39 is 5.82 Å². The molecule has 0 aliphatic rings. The first kappa shape index (κ1) is 12.0. The molecule has 1 aromatic rings. The molecule has 0 heterocycles. The van der Waals surface area contributed by atoms with Gasteiger partial charge in [-0.1, -0.05) is 11.6 Å². The van der Waals surface area contributed by atoms with Gasteiger partial charge in [0.1, 0.15) is 5.82 Å². The fourth-order valence-electron chi connectivity index (χ4n) is 1.18. The number of hydrogen-bond donors (Lipinski definition) is 2. The Balaban J connectivity index is 3.18. The lowest BCUT2D eigenvalue weighted by Gasteiger charge is -2.12. The normalized spacial score (nSPS) is 10.4. The molecule has 0 aliphatic heterocycles. The summed E-state index contributed by atoms with van der Waals surface area (Å²) in [6.45, 7) is 0.0413. The molecule has 4 nitrogen and oxygen atoms in total. The molecule has 15 heavy (non-hydrogen) atoms. The van der Waals surface area contributed by atoms with Crippen LogP contribution in [0.25, 0.3) is 0 Å². The molecule has 0 saturated carbocycles. The summed E-state index contributed by atoms with van der Waals surface area (Å²) in [7, 11) is 2.73. The van der Waals surface area contributed by atoms with Crippen LogP contribution < -0.4 is 10.2 Å². The van der Waals surface area contributed by atoms with E-state index in [1.165, 1.54) is 14.2 Å². The van der Waals surface area contributed by atoms with E-state index in [4.69, 9.17) is 16.3 Å². The zero-order chi connectivity index (χ0) is 11.4. The third kappa shape index (κ3) is 2.50. The van der Waals surface area contributed by atoms with Gasteiger partial charge in [0.2, 0.25) is 0 Å². The van der Waals surface area contributed by atoms with Gasteiger partial charge >= 0.3 is 0 Å². The van der Waals surface area contributed by atoms with Crippen LogP contribution in [0.3, 0.4) is 0 Å². The Morgan fingerprint density at radius 2 is 2.20 bits per heavy atom. The first-order valence-corrected chi connectivity index (χ1v) is 4.49. The lowest BCUT2D eigenvalue weighted by molar-refractivity contribution is 0.0852. The molecule has 0 aromatic heterocycles. The van der Waals surface area contributed by atoms with E-state index >= 15 is 0 Å². The average molecular weight is 236 g/mol. The molecule has 6 heteroatoms. The van der Waals surface area contributed by atoms with E-state index in [1.54, 1.807) is 0 Å². The predicted octanol–water partition coefficient (Wildman–Crippen LogP) is 1.84. The number of phenolic OH excluding ortho intramolecular Hbond substituents is 1. The second-order valence-electron chi connectivity index (χ2n) is 2.73. The number of hydroxylamine groups is 1. The van der Waals surface area contributed by atoms with E-state index in [-0.39, 0.29) is 28.6 Å². The van der Waals surface area contributed by atoms with Crippen molar-refractivity contribution in [1.82, 2.24) is 5.48 Å². The fourth-order valence-corrected chi connectivity index (χ4v) is 1.39. The minimum Gasteiger partial charge on any atom is -0.504 e.